The van der Waals surface area contributed by atoms with E-state index in [0.717, 1.165) is 33.3 Å². The van der Waals surface area contributed by atoms with Crippen molar-refractivity contribution in [3.8, 4) is 0 Å². The van der Waals surface area contributed by atoms with Crippen LogP contribution >= 0.6 is 43.2 Å². The minimum Gasteiger partial charge on any atom is -0.274 e. The Hall–Kier alpha value is -0.200. The van der Waals surface area contributed by atoms with E-state index in [0.29, 0.717) is 23.6 Å². The summed E-state index contributed by atoms with van der Waals surface area (Å²) in [7, 11) is 0. The Bertz CT molecular complexity index is 499. The van der Waals surface area contributed by atoms with Gasteiger partial charge in [-0.1, -0.05) is 26.7 Å². The van der Waals surface area contributed by atoms with Crippen molar-refractivity contribution in [2.24, 2.45) is 5.92 Å². The second-order valence-corrected chi connectivity index (χ2v) is 8.72. The number of imide groups is 1. The van der Waals surface area contributed by atoms with Gasteiger partial charge in [0.2, 0.25) is 0 Å². The van der Waals surface area contributed by atoms with E-state index < -0.39 is 0 Å². The fraction of sp³-hybridized carbons (Fsp3) is 0.571. The molecule has 0 aromatic carbocycles. The monoisotopic (exact) mass is 421 g/mol. The standard InChI is InChI=1S/C14H17Br2NO2S/c1-3-5-8(6-4-2)7-17-13(18)9-10(14(17)19)12(16)20-11(9)15/h8H,3-7H2,1-2H3. The molecule has 0 atom stereocenters. The molecule has 1 aliphatic rings. The topological polar surface area (TPSA) is 37.4 Å². The number of thiophene rings is 1. The molecule has 1 aromatic heterocycles. The third-order valence-electron chi connectivity index (χ3n) is 3.57. The summed E-state index contributed by atoms with van der Waals surface area (Å²) in [5.41, 5.74) is 1.05. The van der Waals surface area contributed by atoms with Gasteiger partial charge in [-0.25, -0.2) is 0 Å². The summed E-state index contributed by atoms with van der Waals surface area (Å²) in [5.74, 6) is 0.0928. The van der Waals surface area contributed by atoms with Crippen LogP contribution in [0.15, 0.2) is 7.57 Å². The molecule has 20 heavy (non-hydrogen) atoms. The minimum atomic E-state index is -0.156. The van der Waals surface area contributed by atoms with Gasteiger partial charge in [0.05, 0.1) is 18.7 Å². The van der Waals surface area contributed by atoms with Crippen LogP contribution in [0.5, 0.6) is 0 Å². The molecule has 0 bridgehead atoms. The Morgan fingerprint density at radius 1 is 1.00 bits per heavy atom. The summed E-state index contributed by atoms with van der Waals surface area (Å²) < 4.78 is 1.48. The molecule has 2 heterocycles. The van der Waals surface area contributed by atoms with Crippen LogP contribution in [0.4, 0.5) is 0 Å². The van der Waals surface area contributed by atoms with E-state index in [1.165, 1.54) is 16.2 Å². The Balaban J connectivity index is 2.22. The van der Waals surface area contributed by atoms with E-state index in [-0.39, 0.29) is 11.8 Å². The number of hydrogen-bond acceptors (Lipinski definition) is 3. The molecule has 0 fully saturated rings. The lowest BCUT2D eigenvalue weighted by molar-refractivity contribution is 0.0622. The third kappa shape index (κ3) is 2.88. The van der Waals surface area contributed by atoms with E-state index in [1.54, 1.807) is 0 Å². The maximum absolute atomic E-state index is 12.4. The fourth-order valence-electron chi connectivity index (χ4n) is 2.69. The molecule has 0 saturated heterocycles. The predicted octanol–water partition coefficient (Wildman–Crippen LogP) is 5.09. The highest BCUT2D eigenvalue weighted by Gasteiger charge is 2.41. The van der Waals surface area contributed by atoms with Crippen LogP contribution in [0.2, 0.25) is 0 Å². The van der Waals surface area contributed by atoms with Crippen LogP contribution in [0.25, 0.3) is 0 Å². The number of hydrogen-bond donors (Lipinski definition) is 0. The lowest BCUT2D eigenvalue weighted by atomic mass is 9.98. The first kappa shape index (κ1) is 16.2. The summed E-state index contributed by atoms with van der Waals surface area (Å²) in [6.07, 6.45) is 4.27. The number of halogens is 2. The van der Waals surface area contributed by atoms with Crippen LogP contribution in [0.3, 0.4) is 0 Å². The number of carbonyl (C=O) groups excluding carboxylic acids is 2. The Morgan fingerprint density at radius 3 is 1.85 bits per heavy atom. The first-order valence-corrected chi connectivity index (χ1v) is 9.25. The van der Waals surface area contributed by atoms with E-state index in [2.05, 4.69) is 45.7 Å². The van der Waals surface area contributed by atoms with Gasteiger partial charge in [-0.15, -0.1) is 11.3 Å². The normalized spacial score (nSPS) is 14.6. The van der Waals surface area contributed by atoms with Crippen molar-refractivity contribution in [2.45, 2.75) is 39.5 Å². The maximum atomic E-state index is 12.4. The Kier molecular flexibility index (Phi) is 5.42. The molecule has 1 aromatic rings. The maximum Gasteiger partial charge on any atom is 0.263 e. The zero-order chi connectivity index (χ0) is 14.9. The summed E-state index contributed by atoms with van der Waals surface area (Å²) in [4.78, 5) is 26.3. The summed E-state index contributed by atoms with van der Waals surface area (Å²) in [6.45, 7) is 4.82. The first-order chi connectivity index (χ1) is 9.51. The van der Waals surface area contributed by atoms with Gasteiger partial charge in [0.15, 0.2) is 0 Å². The van der Waals surface area contributed by atoms with Crippen molar-refractivity contribution in [2.75, 3.05) is 6.54 Å². The van der Waals surface area contributed by atoms with Crippen LogP contribution < -0.4 is 0 Å². The highest BCUT2D eigenvalue weighted by molar-refractivity contribution is 9.12. The van der Waals surface area contributed by atoms with Crippen molar-refractivity contribution in [1.82, 2.24) is 4.90 Å². The van der Waals surface area contributed by atoms with Gasteiger partial charge < -0.3 is 0 Å². The molecule has 3 nitrogen and oxygen atoms in total. The van der Waals surface area contributed by atoms with Gasteiger partial charge in [-0.3, -0.25) is 14.5 Å². The second kappa shape index (κ2) is 6.71. The smallest absolute Gasteiger partial charge is 0.263 e. The van der Waals surface area contributed by atoms with Gasteiger partial charge in [-0.05, 0) is 50.6 Å². The molecule has 0 N–H and O–H groups in total. The minimum absolute atomic E-state index is 0.156. The van der Waals surface area contributed by atoms with E-state index in [4.69, 9.17) is 0 Å². The number of amides is 2. The molecule has 6 heteroatoms. The van der Waals surface area contributed by atoms with Gasteiger partial charge in [-0.2, -0.15) is 0 Å². The average Bonchev–Trinajstić information content (AvgIpc) is 2.81. The Labute approximate surface area is 140 Å². The van der Waals surface area contributed by atoms with Crippen LogP contribution in [-0.2, 0) is 0 Å². The zero-order valence-electron chi connectivity index (χ0n) is 11.5. The molecule has 1 aliphatic heterocycles. The van der Waals surface area contributed by atoms with Crippen molar-refractivity contribution >= 4 is 55.0 Å². The predicted molar refractivity (Wildman–Crippen MR) is 88.4 cm³/mol. The van der Waals surface area contributed by atoms with Crippen LogP contribution in [0, 0.1) is 5.92 Å². The van der Waals surface area contributed by atoms with Crippen molar-refractivity contribution in [3.63, 3.8) is 0 Å². The highest BCUT2D eigenvalue weighted by Crippen LogP contribution is 2.42. The van der Waals surface area contributed by atoms with Gasteiger partial charge in [0, 0.05) is 6.54 Å². The molecule has 0 spiro atoms. The quantitative estimate of drug-likeness (QED) is 0.599. The second-order valence-electron chi connectivity index (χ2n) is 5.06. The molecular weight excluding hydrogens is 406 g/mol. The number of nitrogens with zero attached hydrogens (tertiary/aromatic N) is 1. The Morgan fingerprint density at radius 2 is 1.45 bits per heavy atom. The summed E-state index contributed by atoms with van der Waals surface area (Å²) in [6, 6.07) is 0. The number of rotatable bonds is 6. The van der Waals surface area contributed by atoms with Gasteiger partial charge >= 0.3 is 0 Å². The molecule has 0 aliphatic carbocycles. The lowest BCUT2D eigenvalue weighted by Gasteiger charge is -2.22. The fourth-order valence-corrected chi connectivity index (χ4v) is 5.79. The zero-order valence-corrected chi connectivity index (χ0v) is 15.5. The molecule has 110 valence electrons. The molecule has 2 amide bonds. The third-order valence-corrected chi connectivity index (χ3v) is 6.11. The van der Waals surface area contributed by atoms with Gasteiger partial charge in [0.1, 0.15) is 0 Å². The van der Waals surface area contributed by atoms with Crippen molar-refractivity contribution in [1.29, 1.82) is 0 Å². The van der Waals surface area contributed by atoms with Crippen LogP contribution in [-0.4, -0.2) is 23.3 Å². The lowest BCUT2D eigenvalue weighted by Crippen LogP contribution is -2.34. The molecule has 2 rings (SSSR count). The van der Waals surface area contributed by atoms with Crippen molar-refractivity contribution in [3.05, 3.63) is 18.7 Å². The van der Waals surface area contributed by atoms with Gasteiger partial charge in [0.25, 0.3) is 11.8 Å². The largest absolute Gasteiger partial charge is 0.274 e. The van der Waals surface area contributed by atoms with E-state index in [1.807, 2.05) is 0 Å². The number of fused-ring (bicyclic) bond motifs is 1. The first-order valence-electron chi connectivity index (χ1n) is 6.85. The molecule has 0 saturated carbocycles. The summed E-state index contributed by atoms with van der Waals surface area (Å²) >= 11 is 8.15. The van der Waals surface area contributed by atoms with Crippen molar-refractivity contribution < 1.29 is 9.59 Å². The summed E-state index contributed by atoms with van der Waals surface area (Å²) in [5, 5.41) is 0. The molecule has 0 unspecified atom stereocenters. The van der Waals surface area contributed by atoms with E-state index in [9.17, 15) is 9.59 Å². The molecule has 0 radical (unpaired) electrons. The van der Waals surface area contributed by atoms with Crippen LogP contribution in [0.1, 0.15) is 60.2 Å². The van der Waals surface area contributed by atoms with E-state index >= 15 is 0 Å². The SMILES string of the molecule is CCCC(CCC)CN1C(=O)c2c(Br)sc(Br)c2C1=O. The highest BCUT2D eigenvalue weighted by atomic mass is 79.9. The number of carbonyl (C=O) groups is 2. The molecular formula is C14H17Br2NO2S. The average molecular weight is 423 g/mol.